The number of carbonyl (C=O) groups excluding carboxylic acids is 1. The second-order valence-corrected chi connectivity index (χ2v) is 5.79. The maximum atomic E-state index is 12.1. The molecule has 0 spiro atoms. The summed E-state index contributed by atoms with van der Waals surface area (Å²) in [5, 5.41) is 21.5. The Morgan fingerprint density at radius 1 is 1.39 bits per heavy atom. The summed E-state index contributed by atoms with van der Waals surface area (Å²) in [7, 11) is 0. The van der Waals surface area contributed by atoms with E-state index in [2.05, 4.69) is 15.5 Å². The normalized spacial score (nSPS) is 12.9. The van der Waals surface area contributed by atoms with E-state index in [0.29, 0.717) is 5.69 Å². The number of aromatic nitrogens is 4. The van der Waals surface area contributed by atoms with Gasteiger partial charge in [0.2, 0.25) is 11.1 Å². The van der Waals surface area contributed by atoms with Crippen molar-refractivity contribution in [3.63, 3.8) is 0 Å². The summed E-state index contributed by atoms with van der Waals surface area (Å²) in [5.74, 6) is -0.705. The zero-order chi connectivity index (χ0) is 17.0. The van der Waals surface area contributed by atoms with Crippen molar-refractivity contribution in [1.82, 2.24) is 25.5 Å². The van der Waals surface area contributed by atoms with Crippen LogP contribution in [0.15, 0.2) is 29.4 Å². The maximum absolute atomic E-state index is 12.1. The molecule has 1 aromatic carbocycles. The molecule has 0 saturated carbocycles. The fraction of sp³-hybridized carbons (Fsp3) is 0.333. The number of thioether (sulfide) groups is 1. The largest absolute Gasteiger partial charge is 0.508 e. The Bertz CT molecular complexity index is 674. The molecular weight excluding hydrogens is 335 g/mol. The fourth-order valence-corrected chi connectivity index (χ4v) is 2.38. The Labute approximate surface area is 132 Å². The van der Waals surface area contributed by atoms with Gasteiger partial charge in [-0.15, -0.1) is 5.10 Å². The third kappa shape index (κ3) is 4.84. The lowest BCUT2D eigenvalue weighted by molar-refractivity contribution is -0.137. The summed E-state index contributed by atoms with van der Waals surface area (Å²) >= 11 is 0.920. The number of carbonyl (C=O) groups is 1. The molecule has 23 heavy (non-hydrogen) atoms. The van der Waals surface area contributed by atoms with Gasteiger partial charge in [-0.25, -0.2) is 0 Å². The van der Waals surface area contributed by atoms with Crippen LogP contribution in [0.3, 0.4) is 0 Å². The van der Waals surface area contributed by atoms with E-state index in [1.54, 1.807) is 17.4 Å². The number of phenols is 1. The minimum atomic E-state index is -4.46. The topological polar surface area (TPSA) is 92.9 Å². The van der Waals surface area contributed by atoms with Crippen LogP contribution in [-0.2, 0) is 4.79 Å². The molecule has 7 nitrogen and oxygen atoms in total. The van der Waals surface area contributed by atoms with Gasteiger partial charge >= 0.3 is 6.18 Å². The molecule has 0 aliphatic carbocycles. The Hall–Kier alpha value is -2.30. The first-order chi connectivity index (χ1) is 10.8. The molecule has 11 heteroatoms. The van der Waals surface area contributed by atoms with Crippen molar-refractivity contribution in [2.45, 2.75) is 23.5 Å². The van der Waals surface area contributed by atoms with Crippen LogP contribution in [0.2, 0.25) is 0 Å². The highest BCUT2D eigenvalue weighted by Gasteiger charge is 2.29. The van der Waals surface area contributed by atoms with E-state index in [-0.39, 0.29) is 10.9 Å². The summed E-state index contributed by atoms with van der Waals surface area (Å²) in [6, 6.07) is 5.99. The van der Waals surface area contributed by atoms with Gasteiger partial charge in [-0.1, -0.05) is 11.8 Å². The van der Waals surface area contributed by atoms with Crippen LogP contribution in [-0.4, -0.2) is 49.2 Å². The van der Waals surface area contributed by atoms with Crippen molar-refractivity contribution >= 4 is 17.7 Å². The van der Waals surface area contributed by atoms with Crippen molar-refractivity contribution in [2.75, 3.05) is 6.54 Å². The maximum Gasteiger partial charge on any atom is 0.405 e. The minimum Gasteiger partial charge on any atom is -0.508 e. The first-order valence-electron chi connectivity index (χ1n) is 6.35. The van der Waals surface area contributed by atoms with Crippen LogP contribution < -0.4 is 5.32 Å². The molecule has 0 fully saturated rings. The van der Waals surface area contributed by atoms with E-state index < -0.39 is 23.9 Å². The van der Waals surface area contributed by atoms with E-state index >= 15 is 0 Å². The van der Waals surface area contributed by atoms with Crippen molar-refractivity contribution in [1.29, 1.82) is 0 Å². The first kappa shape index (κ1) is 17.1. The average molecular weight is 347 g/mol. The number of aromatic hydroxyl groups is 1. The Morgan fingerprint density at radius 2 is 2.04 bits per heavy atom. The van der Waals surface area contributed by atoms with Gasteiger partial charge in [0.1, 0.15) is 12.3 Å². The van der Waals surface area contributed by atoms with Gasteiger partial charge in [-0.3, -0.25) is 4.79 Å². The van der Waals surface area contributed by atoms with Gasteiger partial charge in [0.05, 0.1) is 10.9 Å². The quantitative estimate of drug-likeness (QED) is 0.797. The molecule has 0 aliphatic rings. The number of nitrogens with one attached hydrogen (secondary N) is 1. The highest BCUT2D eigenvalue weighted by Crippen LogP contribution is 2.24. The van der Waals surface area contributed by atoms with Crippen molar-refractivity contribution in [3.8, 4) is 11.4 Å². The second kappa shape index (κ2) is 6.86. The smallest absolute Gasteiger partial charge is 0.405 e. The van der Waals surface area contributed by atoms with Crippen LogP contribution in [0.5, 0.6) is 5.75 Å². The van der Waals surface area contributed by atoms with Gasteiger partial charge in [0.25, 0.3) is 0 Å². The summed E-state index contributed by atoms with van der Waals surface area (Å²) in [4.78, 5) is 11.7. The lowest BCUT2D eigenvalue weighted by atomic mass is 10.3. The van der Waals surface area contributed by atoms with Gasteiger partial charge < -0.3 is 10.4 Å². The molecule has 1 unspecified atom stereocenters. The number of hydrogen-bond donors (Lipinski definition) is 2. The van der Waals surface area contributed by atoms with Gasteiger partial charge in [0.15, 0.2) is 0 Å². The third-order valence-electron chi connectivity index (χ3n) is 2.65. The molecule has 2 N–H and O–H groups in total. The molecule has 1 atom stereocenters. The average Bonchev–Trinajstić information content (AvgIpc) is 2.93. The number of phenolic OH excluding ortho intramolecular Hbond substituents is 1. The van der Waals surface area contributed by atoms with E-state index in [1.165, 1.54) is 23.7 Å². The summed E-state index contributed by atoms with van der Waals surface area (Å²) < 4.78 is 37.6. The zero-order valence-electron chi connectivity index (χ0n) is 11.8. The molecule has 1 heterocycles. The van der Waals surface area contributed by atoms with Crippen molar-refractivity contribution in [2.24, 2.45) is 0 Å². The minimum absolute atomic E-state index is 0.0657. The number of tetrazole rings is 1. The first-order valence-corrected chi connectivity index (χ1v) is 7.23. The highest BCUT2D eigenvalue weighted by atomic mass is 32.2. The standard InChI is InChI=1S/C12H12F3N5O2S/c1-7(10(22)16-6-12(13,14)15)23-11-17-18-19-20(11)8-2-4-9(21)5-3-8/h2-5,7,21H,6H2,1H3,(H,16,22). The van der Waals surface area contributed by atoms with Crippen LogP contribution in [0, 0.1) is 0 Å². The Kier molecular flexibility index (Phi) is 5.08. The van der Waals surface area contributed by atoms with E-state index in [4.69, 9.17) is 0 Å². The number of nitrogens with zero attached hydrogens (tertiary/aromatic N) is 4. The number of halogens is 3. The monoisotopic (exact) mass is 347 g/mol. The second-order valence-electron chi connectivity index (χ2n) is 4.48. The van der Waals surface area contributed by atoms with Crippen LogP contribution in [0.25, 0.3) is 5.69 Å². The molecule has 0 bridgehead atoms. The predicted octanol–water partition coefficient (Wildman–Crippen LogP) is 1.53. The zero-order valence-corrected chi connectivity index (χ0v) is 12.6. The van der Waals surface area contributed by atoms with Crippen LogP contribution in [0.1, 0.15) is 6.92 Å². The molecule has 124 valence electrons. The molecule has 0 aliphatic heterocycles. The number of hydrogen-bond acceptors (Lipinski definition) is 6. The number of amides is 1. The van der Waals surface area contributed by atoms with Gasteiger partial charge in [0, 0.05) is 0 Å². The third-order valence-corrected chi connectivity index (χ3v) is 3.68. The molecule has 1 aromatic heterocycles. The van der Waals surface area contributed by atoms with Crippen molar-refractivity contribution < 1.29 is 23.1 Å². The number of rotatable bonds is 5. The Balaban J connectivity index is 2.05. The SMILES string of the molecule is CC(Sc1nnnn1-c1ccc(O)cc1)C(=O)NCC(F)(F)F. The van der Waals surface area contributed by atoms with Gasteiger partial charge in [-0.05, 0) is 41.6 Å². The van der Waals surface area contributed by atoms with Crippen molar-refractivity contribution in [3.05, 3.63) is 24.3 Å². The van der Waals surface area contributed by atoms with E-state index in [0.717, 1.165) is 11.8 Å². The summed E-state index contributed by atoms with van der Waals surface area (Å²) in [6.45, 7) is 0.0614. The Morgan fingerprint density at radius 3 is 2.65 bits per heavy atom. The molecule has 1 amide bonds. The molecular formula is C12H12F3N5O2S. The predicted molar refractivity (Wildman–Crippen MR) is 75.2 cm³/mol. The fourth-order valence-electron chi connectivity index (χ4n) is 1.55. The van der Waals surface area contributed by atoms with Crippen LogP contribution in [0.4, 0.5) is 13.2 Å². The molecule has 0 saturated heterocycles. The number of benzene rings is 1. The highest BCUT2D eigenvalue weighted by molar-refractivity contribution is 8.00. The lowest BCUT2D eigenvalue weighted by Gasteiger charge is -2.13. The number of alkyl halides is 3. The lowest BCUT2D eigenvalue weighted by Crippen LogP contribution is -2.38. The van der Waals surface area contributed by atoms with Crippen LogP contribution >= 0.6 is 11.8 Å². The van der Waals surface area contributed by atoms with E-state index in [1.807, 2.05) is 0 Å². The summed E-state index contributed by atoms with van der Waals surface area (Å²) in [5.41, 5.74) is 0.540. The summed E-state index contributed by atoms with van der Waals surface area (Å²) in [6.07, 6.45) is -4.46. The van der Waals surface area contributed by atoms with E-state index in [9.17, 15) is 23.1 Å². The molecule has 2 aromatic rings. The van der Waals surface area contributed by atoms with Gasteiger partial charge in [-0.2, -0.15) is 17.9 Å². The molecule has 2 rings (SSSR count). The molecule has 0 radical (unpaired) electrons.